The number of benzene rings is 1. The number of H-pyrrole nitrogens is 1. The Morgan fingerprint density at radius 2 is 2.29 bits per heavy atom. The molecule has 1 unspecified atom stereocenters. The van der Waals surface area contributed by atoms with Crippen LogP contribution in [0.1, 0.15) is 36.4 Å². The lowest BCUT2D eigenvalue weighted by Crippen LogP contribution is -2.19. The van der Waals surface area contributed by atoms with E-state index in [2.05, 4.69) is 48.7 Å². The minimum absolute atomic E-state index is 0.128. The largest absolute Gasteiger partial charge is 0.348 e. The van der Waals surface area contributed by atoms with Crippen molar-refractivity contribution in [2.75, 3.05) is 0 Å². The Hall–Kier alpha value is -1.66. The number of nitrogens with two attached hydrogens (primary N) is 1. The Balaban J connectivity index is 1.77. The highest BCUT2D eigenvalue weighted by Gasteiger charge is 2.30. The fourth-order valence-electron chi connectivity index (χ4n) is 2.79. The molecule has 0 amide bonds. The minimum atomic E-state index is -0.128. The number of aromatic amines is 1. The predicted octanol–water partition coefficient (Wildman–Crippen LogP) is 3.10. The van der Waals surface area contributed by atoms with Gasteiger partial charge >= 0.3 is 0 Å². The van der Waals surface area contributed by atoms with Crippen molar-refractivity contribution in [3.8, 4) is 0 Å². The highest BCUT2D eigenvalue weighted by molar-refractivity contribution is 9.10. The molecule has 2 aromatic heterocycles. The molecule has 1 saturated carbocycles. The Kier molecular flexibility index (Phi) is 3.08. The van der Waals surface area contributed by atoms with Crippen LogP contribution in [0.4, 0.5) is 0 Å². The van der Waals surface area contributed by atoms with Crippen LogP contribution >= 0.6 is 15.9 Å². The maximum atomic E-state index is 6.41. The van der Waals surface area contributed by atoms with Gasteiger partial charge in [0.2, 0.25) is 0 Å². The Labute approximate surface area is 130 Å². The molecule has 2 heterocycles. The number of nitrogens with one attached hydrogen (secondary N) is 1. The lowest BCUT2D eigenvalue weighted by atomic mass is 10.1. The summed E-state index contributed by atoms with van der Waals surface area (Å²) >= 11 is 3.51. The van der Waals surface area contributed by atoms with Gasteiger partial charge in [0.1, 0.15) is 5.82 Å². The first-order chi connectivity index (χ1) is 10.2. The number of hydrogen-bond acceptors (Lipinski definition) is 3. The second-order valence-electron chi connectivity index (χ2n) is 5.59. The molecule has 0 saturated heterocycles. The lowest BCUT2D eigenvalue weighted by molar-refractivity contribution is 0.597. The highest BCUT2D eigenvalue weighted by Crippen LogP contribution is 2.40. The topological polar surface area (TPSA) is 72.5 Å². The van der Waals surface area contributed by atoms with Gasteiger partial charge < -0.3 is 15.3 Å². The average Bonchev–Trinajstić information content (AvgIpc) is 3.03. The summed E-state index contributed by atoms with van der Waals surface area (Å²) in [6.45, 7) is 0. The second-order valence-corrected chi connectivity index (χ2v) is 6.51. The van der Waals surface area contributed by atoms with Gasteiger partial charge in [0, 0.05) is 28.8 Å². The van der Waals surface area contributed by atoms with Crippen LogP contribution in [0.5, 0.6) is 0 Å². The molecular weight excluding hydrogens is 330 g/mol. The number of fused-ring (bicyclic) bond motifs is 1. The summed E-state index contributed by atoms with van der Waals surface area (Å²) in [7, 11) is 0. The molecule has 1 fully saturated rings. The minimum Gasteiger partial charge on any atom is -0.348 e. The molecule has 1 aliphatic rings. The predicted molar refractivity (Wildman–Crippen MR) is 84.9 cm³/mol. The molecular formula is C15H16BrN5. The van der Waals surface area contributed by atoms with Crippen molar-refractivity contribution < 1.29 is 0 Å². The quantitative estimate of drug-likeness (QED) is 0.762. The molecule has 21 heavy (non-hydrogen) atoms. The zero-order valence-corrected chi connectivity index (χ0v) is 13.0. The Morgan fingerprint density at radius 3 is 3.00 bits per heavy atom. The van der Waals surface area contributed by atoms with E-state index < -0.39 is 0 Å². The van der Waals surface area contributed by atoms with Crippen LogP contribution in [-0.4, -0.2) is 19.5 Å². The van der Waals surface area contributed by atoms with Crippen LogP contribution in [0, 0.1) is 0 Å². The van der Waals surface area contributed by atoms with Crippen molar-refractivity contribution in [1.82, 2.24) is 19.5 Å². The van der Waals surface area contributed by atoms with Gasteiger partial charge in [0.05, 0.1) is 23.4 Å². The third-order valence-corrected chi connectivity index (χ3v) is 4.41. The number of aromatic nitrogens is 4. The average molecular weight is 346 g/mol. The Bertz CT molecular complexity index is 773. The molecule has 0 bridgehead atoms. The van der Waals surface area contributed by atoms with E-state index in [9.17, 15) is 0 Å². The molecule has 0 aliphatic heterocycles. The van der Waals surface area contributed by atoms with Crippen LogP contribution < -0.4 is 5.73 Å². The fraction of sp³-hybridized carbons (Fsp3) is 0.333. The molecule has 1 aliphatic carbocycles. The molecule has 1 atom stereocenters. The summed E-state index contributed by atoms with van der Waals surface area (Å²) in [5.74, 6) is 0.972. The SMILES string of the molecule is NC(Cc1cnc[nH]1)c1nc2cc(Br)ccc2n1C1CC1. The van der Waals surface area contributed by atoms with E-state index in [1.807, 2.05) is 6.20 Å². The van der Waals surface area contributed by atoms with Gasteiger partial charge in [-0.05, 0) is 31.0 Å². The molecule has 3 N–H and O–H groups in total. The first-order valence-corrected chi connectivity index (χ1v) is 7.92. The van der Waals surface area contributed by atoms with Gasteiger partial charge in [-0.25, -0.2) is 9.97 Å². The van der Waals surface area contributed by atoms with Crippen LogP contribution in [0.3, 0.4) is 0 Å². The first-order valence-electron chi connectivity index (χ1n) is 7.12. The second kappa shape index (κ2) is 4.96. The summed E-state index contributed by atoms with van der Waals surface area (Å²) in [5.41, 5.74) is 9.63. The summed E-state index contributed by atoms with van der Waals surface area (Å²) in [4.78, 5) is 11.9. The third kappa shape index (κ3) is 2.38. The monoisotopic (exact) mass is 345 g/mol. The van der Waals surface area contributed by atoms with E-state index in [4.69, 9.17) is 10.7 Å². The zero-order chi connectivity index (χ0) is 14.4. The highest BCUT2D eigenvalue weighted by atomic mass is 79.9. The molecule has 6 heteroatoms. The summed E-state index contributed by atoms with van der Waals surface area (Å²) in [6, 6.07) is 6.67. The number of halogens is 1. The van der Waals surface area contributed by atoms with E-state index >= 15 is 0 Å². The van der Waals surface area contributed by atoms with Gasteiger partial charge in [0.25, 0.3) is 0 Å². The summed E-state index contributed by atoms with van der Waals surface area (Å²) < 4.78 is 3.37. The number of nitrogens with zero attached hydrogens (tertiary/aromatic N) is 3. The maximum absolute atomic E-state index is 6.41. The van der Waals surface area contributed by atoms with Gasteiger partial charge in [-0.3, -0.25) is 0 Å². The first kappa shape index (κ1) is 13.0. The zero-order valence-electron chi connectivity index (χ0n) is 11.5. The van der Waals surface area contributed by atoms with Crippen molar-refractivity contribution in [3.63, 3.8) is 0 Å². The smallest absolute Gasteiger partial charge is 0.127 e. The van der Waals surface area contributed by atoms with Crippen LogP contribution in [0.2, 0.25) is 0 Å². The number of hydrogen-bond donors (Lipinski definition) is 2. The van der Waals surface area contributed by atoms with Crippen molar-refractivity contribution in [3.05, 3.63) is 46.7 Å². The van der Waals surface area contributed by atoms with E-state index in [0.717, 1.165) is 27.9 Å². The lowest BCUT2D eigenvalue weighted by Gasteiger charge is -2.13. The van der Waals surface area contributed by atoms with E-state index in [1.165, 1.54) is 18.4 Å². The van der Waals surface area contributed by atoms with Crippen molar-refractivity contribution in [1.29, 1.82) is 0 Å². The molecule has 4 rings (SSSR count). The molecule has 1 aromatic carbocycles. The third-order valence-electron chi connectivity index (χ3n) is 3.92. The van der Waals surface area contributed by atoms with Crippen LogP contribution in [0.25, 0.3) is 11.0 Å². The molecule has 0 radical (unpaired) electrons. The molecule has 3 aromatic rings. The van der Waals surface area contributed by atoms with Crippen molar-refractivity contribution in [2.24, 2.45) is 5.73 Å². The van der Waals surface area contributed by atoms with Gasteiger partial charge in [-0.2, -0.15) is 0 Å². The summed E-state index contributed by atoms with van der Waals surface area (Å²) in [5, 5.41) is 0. The van der Waals surface area contributed by atoms with Crippen molar-refractivity contribution >= 4 is 27.0 Å². The molecule has 5 nitrogen and oxygen atoms in total. The van der Waals surface area contributed by atoms with Crippen LogP contribution in [0.15, 0.2) is 35.2 Å². The molecule has 108 valence electrons. The number of imidazole rings is 2. The van der Waals surface area contributed by atoms with E-state index in [-0.39, 0.29) is 6.04 Å². The Morgan fingerprint density at radius 1 is 1.43 bits per heavy atom. The normalized spacial score (nSPS) is 16.5. The van der Waals surface area contributed by atoms with Gasteiger partial charge in [0.15, 0.2) is 0 Å². The van der Waals surface area contributed by atoms with E-state index in [0.29, 0.717) is 6.04 Å². The molecule has 0 spiro atoms. The summed E-state index contributed by atoms with van der Waals surface area (Å²) in [6.07, 6.45) is 6.65. The van der Waals surface area contributed by atoms with Gasteiger partial charge in [-0.15, -0.1) is 0 Å². The standard InChI is InChI=1S/C15H16BrN5/c16-9-1-4-14-13(5-9)20-15(21(14)11-2-3-11)12(17)6-10-7-18-8-19-10/h1,4-5,7-8,11-12H,2-3,6,17H2,(H,18,19). The van der Waals surface area contributed by atoms with Crippen LogP contribution in [-0.2, 0) is 6.42 Å². The van der Waals surface area contributed by atoms with Gasteiger partial charge in [-0.1, -0.05) is 15.9 Å². The number of rotatable bonds is 4. The van der Waals surface area contributed by atoms with Crippen molar-refractivity contribution in [2.45, 2.75) is 31.3 Å². The fourth-order valence-corrected chi connectivity index (χ4v) is 3.14. The maximum Gasteiger partial charge on any atom is 0.127 e. The van der Waals surface area contributed by atoms with E-state index in [1.54, 1.807) is 6.33 Å².